The zero-order valence-electron chi connectivity index (χ0n) is 7.88. The SMILES string of the molecule is CNCC(C)Sc1ccc(F)cc1. The van der Waals surface area contributed by atoms with Crippen LogP contribution < -0.4 is 5.32 Å². The molecule has 0 fully saturated rings. The van der Waals surface area contributed by atoms with Gasteiger partial charge in [0.25, 0.3) is 0 Å². The summed E-state index contributed by atoms with van der Waals surface area (Å²) < 4.78 is 12.6. The van der Waals surface area contributed by atoms with E-state index in [-0.39, 0.29) is 5.82 Å². The van der Waals surface area contributed by atoms with Crippen molar-refractivity contribution in [2.45, 2.75) is 17.1 Å². The molecule has 1 N–H and O–H groups in total. The molecule has 13 heavy (non-hydrogen) atoms. The third-order valence-corrected chi connectivity index (χ3v) is 2.76. The molecule has 0 saturated carbocycles. The highest BCUT2D eigenvalue weighted by Crippen LogP contribution is 2.22. The van der Waals surface area contributed by atoms with Crippen molar-refractivity contribution in [2.24, 2.45) is 0 Å². The lowest BCUT2D eigenvalue weighted by Gasteiger charge is -2.09. The summed E-state index contributed by atoms with van der Waals surface area (Å²) in [5, 5.41) is 3.61. The van der Waals surface area contributed by atoms with E-state index in [2.05, 4.69) is 12.2 Å². The molecule has 72 valence electrons. The quantitative estimate of drug-likeness (QED) is 0.748. The second-order valence-electron chi connectivity index (χ2n) is 2.94. The van der Waals surface area contributed by atoms with Gasteiger partial charge in [0.2, 0.25) is 0 Å². The lowest BCUT2D eigenvalue weighted by atomic mass is 10.3. The third-order valence-electron chi connectivity index (χ3n) is 1.64. The first-order valence-corrected chi connectivity index (χ1v) is 5.17. The van der Waals surface area contributed by atoms with E-state index in [1.165, 1.54) is 12.1 Å². The van der Waals surface area contributed by atoms with Crippen molar-refractivity contribution < 1.29 is 4.39 Å². The lowest BCUT2D eigenvalue weighted by Crippen LogP contribution is -2.17. The van der Waals surface area contributed by atoms with Gasteiger partial charge in [0.1, 0.15) is 5.82 Å². The lowest BCUT2D eigenvalue weighted by molar-refractivity contribution is 0.626. The summed E-state index contributed by atoms with van der Waals surface area (Å²) in [6, 6.07) is 6.61. The highest BCUT2D eigenvalue weighted by molar-refractivity contribution is 8.00. The van der Waals surface area contributed by atoms with E-state index in [9.17, 15) is 4.39 Å². The summed E-state index contributed by atoms with van der Waals surface area (Å²) >= 11 is 1.75. The maximum atomic E-state index is 12.6. The first kappa shape index (κ1) is 10.5. The first-order chi connectivity index (χ1) is 6.22. The van der Waals surface area contributed by atoms with Crippen LogP contribution in [0, 0.1) is 5.82 Å². The molecule has 0 amide bonds. The van der Waals surface area contributed by atoms with Crippen LogP contribution in [-0.2, 0) is 0 Å². The highest BCUT2D eigenvalue weighted by Gasteiger charge is 2.02. The number of nitrogens with one attached hydrogen (secondary N) is 1. The summed E-state index contributed by atoms with van der Waals surface area (Å²) in [6.45, 7) is 3.10. The molecular formula is C10H14FNS. The van der Waals surface area contributed by atoms with E-state index in [1.807, 2.05) is 19.2 Å². The van der Waals surface area contributed by atoms with E-state index in [0.717, 1.165) is 11.4 Å². The monoisotopic (exact) mass is 199 g/mol. The van der Waals surface area contributed by atoms with Gasteiger partial charge in [-0.15, -0.1) is 11.8 Å². The van der Waals surface area contributed by atoms with E-state index in [0.29, 0.717) is 5.25 Å². The van der Waals surface area contributed by atoms with Gasteiger partial charge in [-0.1, -0.05) is 6.92 Å². The molecule has 0 aliphatic rings. The summed E-state index contributed by atoms with van der Waals surface area (Å²) in [4.78, 5) is 1.11. The summed E-state index contributed by atoms with van der Waals surface area (Å²) in [5.74, 6) is -0.175. The van der Waals surface area contributed by atoms with Crippen molar-refractivity contribution in [3.63, 3.8) is 0 Å². The molecule has 0 spiro atoms. The Balaban J connectivity index is 2.49. The van der Waals surface area contributed by atoms with Gasteiger partial charge >= 0.3 is 0 Å². The maximum absolute atomic E-state index is 12.6. The summed E-state index contributed by atoms with van der Waals surface area (Å²) in [5.41, 5.74) is 0. The molecule has 1 aromatic rings. The predicted molar refractivity (Wildman–Crippen MR) is 55.6 cm³/mol. The molecule has 0 aliphatic heterocycles. The van der Waals surface area contributed by atoms with E-state index < -0.39 is 0 Å². The Bertz CT molecular complexity index is 248. The van der Waals surface area contributed by atoms with Crippen LogP contribution in [0.1, 0.15) is 6.92 Å². The van der Waals surface area contributed by atoms with Crippen molar-refractivity contribution >= 4 is 11.8 Å². The van der Waals surface area contributed by atoms with Crippen LogP contribution in [0.5, 0.6) is 0 Å². The molecule has 1 nitrogen and oxygen atoms in total. The predicted octanol–water partition coefficient (Wildman–Crippen LogP) is 2.53. The van der Waals surface area contributed by atoms with Gasteiger partial charge in [0, 0.05) is 16.7 Å². The standard InChI is InChI=1S/C10H14FNS/c1-8(7-12-2)13-10-5-3-9(11)4-6-10/h3-6,8,12H,7H2,1-2H3. The minimum Gasteiger partial charge on any atom is -0.319 e. The molecule has 0 saturated heterocycles. The molecule has 0 radical (unpaired) electrons. The normalized spacial score (nSPS) is 12.8. The van der Waals surface area contributed by atoms with Gasteiger partial charge in [0.05, 0.1) is 0 Å². The van der Waals surface area contributed by atoms with Crippen molar-refractivity contribution in [3.05, 3.63) is 30.1 Å². The Kier molecular flexibility index (Phi) is 4.25. The average Bonchev–Trinajstić information content (AvgIpc) is 2.09. The molecule has 1 unspecified atom stereocenters. The van der Waals surface area contributed by atoms with Crippen molar-refractivity contribution in [3.8, 4) is 0 Å². The molecule has 3 heteroatoms. The fourth-order valence-electron chi connectivity index (χ4n) is 1.07. The molecule has 1 rings (SSSR count). The van der Waals surface area contributed by atoms with Crippen LogP contribution >= 0.6 is 11.8 Å². The second-order valence-corrected chi connectivity index (χ2v) is 4.45. The Morgan fingerprint density at radius 2 is 2.00 bits per heavy atom. The van der Waals surface area contributed by atoms with Crippen LogP contribution in [0.3, 0.4) is 0 Å². The number of benzene rings is 1. The van der Waals surface area contributed by atoms with Crippen LogP contribution in [0.25, 0.3) is 0 Å². The minimum absolute atomic E-state index is 0.175. The van der Waals surface area contributed by atoms with Crippen molar-refractivity contribution in [1.29, 1.82) is 0 Å². The topological polar surface area (TPSA) is 12.0 Å². The maximum Gasteiger partial charge on any atom is 0.123 e. The Morgan fingerprint density at radius 1 is 1.38 bits per heavy atom. The number of thioether (sulfide) groups is 1. The van der Waals surface area contributed by atoms with Crippen LogP contribution in [0.15, 0.2) is 29.2 Å². The van der Waals surface area contributed by atoms with Crippen molar-refractivity contribution in [2.75, 3.05) is 13.6 Å². The molecule has 0 aliphatic carbocycles. The molecule has 0 bridgehead atoms. The Hall–Kier alpha value is -0.540. The summed E-state index contributed by atoms with van der Waals surface area (Å²) in [7, 11) is 1.93. The first-order valence-electron chi connectivity index (χ1n) is 4.29. The second kappa shape index (κ2) is 5.25. The summed E-state index contributed by atoms with van der Waals surface area (Å²) in [6.07, 6.45) is 0. The van der Waals surface area contributed by atoms with Crippen LogP contribution in [0.2, 0.25) is 0 Å². The molecular weight excluding hydrogens is 185 g/mol. The van der Waals surface area contributed by atoms with Gasteiger partial charge in [-0.2, -0.15) is 0 Å². The highest BCUT2D eigenvalue weighted by atomic mass is 32.2. The van der Waals surface area contributed by atoms with E-state index >= 15 is 0 Å². The molecule has 0 aromatic heterocycles. The van der Waals surface area contributed by atoms with E-state index in [4.69, 9.17) is 0 Å². The van der Waals surface area contributed by atoms with Gasteiger partial charge < -0.3 is 5.32 Å². The fourth-order valence-corrected chi connectivity index (χ4v) is 2.08. The molecule has 1 aromatic carbocycles. The Labute approximate surface area is 82.7 Å². The van der Waals surface area contributed by atoms with Gasteiger partial charge in [-0.3, -0.25) is 0 Å². The minimum atomic E-state index is -0.175. The zero-order valence-corrected chi connectivity index (χ0v) is 8.70. The third kappa shape index (κ3) is 3.79. The average molecular weight is 199 g/mol. The van der Waals surface area contributed by atoms with Gasteiger partial charge in [0.15, 0.2) is 0 Å². The fraction of sp³-hybridized carbons (Fsp3) is 0.400. The smallest absolute Gasteiger partial charge is 0.123 e. The van der Waals surface area contributed by atoms with E-state index in [1.54, 1.807) is 11.8 Å². The van der Waals surface area contributed by atoms with Crippen LogP contribution in [-0.4, -0.2) is 18.8 Å². The number of hydrogen-bond donors (Lipinski definition) is 1. The Morgan fingerprint density at radius 3 is 2.54 bits per heavy atom. The molecule has 1 atom stereocenters. The van der Waals surface area contributed by atoms with Gasteiger partial charge in [-0.25, -0.2) is 4.39 Å². The van der Waals surface area contributed by atoms with Gasteiger partial charge in [-0.05, 0) is 31.3 Å². The zero-order chi connectivity index (χ0) is 9.68. The van der Waals surface area contributed by atoms with Crippen molar-refractivity contribution in [1.82, 2.24) is 5.32 Å². The largest absolute Gasteiger partial charge is 0.319 e. The molecule has 0 heterocycles. The number of hydrogen-bond acceptors (Lipinski definition) is 2. The number of halogens is 1. The number of rotatable bonds is 4. The van der Waals surface area contributed by atoms with Crippen LogP contribution in [0.4, 0.5) is 4.39 Å².